The Kier molecular flexibility index (Phi) is 44.9. The van der Waals surface area contributed by atoms with Gasteiger partial charge in [0.15, 0.2) is 6.29 Å². The van der Waals surface area contributed by atoms with Gasteiger partial charge in [0.1, 0.15) is 24.4 Å². The Morgan fingerprint density at radius 2 is 0.913 bits per heavy atom. The summed E-state index contributed by atoms with van der Waals surface area (Å²) in [6, 6.07) is -0.851. The molecule has 1 amide bonds. The Morgan fingerprint density at radius 3 is 1.39 bits per heavy atom. The van der Waals surface area contributed by atoms with Crippen LogP contribution in [-0.2, 0) is 14.3 Å². The first-order valence-corrected chi connectivity index (χ1v) is 27.6. The number of hydrogen-bond acceptors (Lipinski definition) is 8. The van der Waals surface area contributed by atoms with Gasteiger partial charge in [-0.05, 0) is 96.3 Å². The maximum Gasteiger partial charge on any atom is 0.220 e. The van der Waals surface area contributed by atoms with E-state index in [9.17, 15) is 30.3 Å². The molecular formula is C60H101NO8. The molecule has 0 bridgehead atoms. The van der Waals surface area contributed by atoms with Crippen LogP contribution in [0.25, 0.3) is 0 Å². The van der Waals surface area contributed by atoms with Crippen molar-refractivity contribution in [1.82, 2.24) is 5.32 Å². The zero-order valence-electron chi connectivity index (χ0n) is 43.5. The van der Waals surface area contributed by atoms with Crippen LogP contribution >= 0.6 is 0 Å². The topological polar surface area (TPSA) is 149 Å². The molecule has 6 N–H and O–H groups in total. The Morgan fingerprint density at radius 1 is 0.507 bits per heavy atom. The number of hydrogen-bond donors (Lipinski definition) is 6. The van der Waals surface area contributed by atoms with Crippen LogP contribution in [0, 0.1) is 0 Å². The number of allylic oxidation sites excluding steroid dienone is 17. The summed E-state index contributed by atoms with van der Waals surface area (Å²) in [5.41, 5.74) is 0. The van der Waals surface area contributed by atoms with Gasteiger partial charge in [-0.15, -0.1) is 0 Å². The predicted molar refractivity (Wildman–Crippen MR) is 290 cm³/mol. The number of ether oxygens (including phenoxy) is 2. The number of carbonyl (C=O) groups excluding carboxylic acids is 1. The largest absolute Gasteiger partial charge is 0.394 e. The molecule has 1 saturated heterocycles. The van der Waals surface area contributed by atoms with E-state index < -0.39 is 49.5 Å². The standard InChI is InChI=1S/C60H101NO8/c1-3-5-7-9-11-13-15-17-19-21-23-25-27-29-31-33-35-37-39-41-43-45-47-49-54(63)53(52-68-60-59(67)58(66)57(65)55(51-62)69-60)61-56(64)50-48-46-44-42-40-38-36-34-32-30-28-26-24-22-20-18-16-14-12-10-8-6-4-2/h6,8,12,14,18,20,24,26,30-33,36,38-39,41,47,49,53-55,57-60,62-63,65-67H,3-5,7,9-11,13,15-17,19,21-23,25,27-29,34-35,37,40,42-46,48,50-52H2,1-2H3,(H,61,64)/b8-6-,14-12-,20-18-,26-24-,32-30-,33-31+,38-36-,41-39+,49-47+. The second-order valence-corrected chi connectivity index (χ2v) is 18.6. The first-order valence-electron chi connectivity index (χ1n) is 27.6. The number of amides is 1. The second kappa shape index (κ2) is 48.5. The van der Waals surface area contributed by atoms with E-state index in [1.165, 1.54) is 83.5 Å². The van der Waals surface area contributed by atoms with E-state index >= 15 is 0 Å². The minimum atomic E-state index is -1.59. The fourth-order valence-corrected chi connectivity index (χ4v) is 7.96. The highest BCUT2D eigenvalue weighted by atomic mass is 16.7. The molecule has 69 heavy (non-hydrogen) atoms. The highest BCUT2D eigenvalue weighted by Gasteiger charge is 2.44. The quantitative estimate of drug-likeness (QED) is 0.0261. The average molecular weight is 964 g/mol. The van der Waals surface area contributed by atoms with Gasteiger partial charge in [-0.25, -0.2) is 0 Å². The third-order valence-corrected chi connectivity index (χ3v) is 12.3. The van der Waals surface area contributed by atoms with Crippen LogP contribution in [0.3, 0.4) is 0 Å². The number of aliphatic hydroxyl groups excluding tert-OH is 5. The molecule has 9 nitrogen and oxygen atoms in total. The lowest BCUT2D eigenvalue weighted by Crippen LogP contribution is -2.60. The highest BCUT2D eigenvalue weighted by molar-refractivity contribution is 5.76. The fraction of sp³-hybridized carbons (Fsp3) is 0.683. The number of rotatable bonds is 45. The molecule has 7 unspecified atom stereocenters. The molecule has 1 aliphatic rings. The molecule has 1 fully saturated rings. The van der Waals surface area contributed by atoms with Crippen molar-refractivity contribution in [3.05, 3.63) is 109 Å². The zero-order valence-corrected chi connectivity index (χ0v) is 43.5. The molecule has 0 aliphatic carbocycles. The summed E-state index contributed by atoms with van der Waals surface area (Å²) in [7, 11) is 0. The fourth-order valence-electron chi connectivity index (χ4n) is 7.96. The molecular weight excluding hydrogens is 863 g/mol. The molecule has 9 heteroatoms. The van der Waals surface area contributed by atoms with Crippen LogP contribution in [0.2, 0.25) is 0 Å². The molecule has 394 valence electrons. The van der Waals surface area contributed by atoms with Crippen LogP contribution in [0.5, 0.6) is 0 Å². The van der Waals surface area contributed by atoms with Crippen molar-refractivity contribution >= 4 is 5.91 Å². The lowest BCUT2D eigenvalue weighted by Gasteiger charge is -2.40. The SMILES string of the molecule is CC/C=C\C/C=C\C/C=C\C/C=C\C/C=C\C/C=C\CCCCCCC(=O)NC(COC1OC(CO)C(O)C(O)C1O)C(O)/C=C/CC/C=C/CC/C=C/CCCCCCCCCCCCCCC. The number of carbonyl (C=O) groups is 1. The van der Waals surface area contributed by atoms with E-state index in [1.807, 2.05) is 6.08 Å². The van der Waals surface area contributed by atoms with Crippen LogP contribution in [0.4, 0.5) is 0 Å². The van der Waals surface area contributed by atoms with Crippen molar-refractivity contribution in [2.24, 2.45) is 0 Å². The Labute approximate surface area is 421 Å². The van der Waals surface area contributed by atoms with Gasteiger partial charge in [0.2, 0.25) is 5.91 Å². The molecule has 0 spiro atoms. The highest BCUT2D eigenvalue weighted by Crippen LogP contribution is 2.22. The molecule has 1 rings (SSSR count). The summed E-state index contributed by atoms with van der Waals surface area (Å²) >= 11 is 0. The normalized spacial score (nSPS) is 20.4. The zero-order chi connectivity index (χ0) is 50.1. The molecule has 0 aromatic rings. The van der Waals surface area contributed by atoms with Gasteiger partial charge >= 0.3 is 0 Å². The maximum atomic E-state index is 13.0. The first-order chi connectivity index (χ1) is 33.8. The second-order valence-electron chi connectivity index (χ2n) is 18.6. The molecule has 0 aromatic heterocycles. The Balaban J connectivity index is 2.34. The summed E-state index contributed by atoms with van der Waals surface area (Å²) in [5, 5.41) is 54.4. The van der Waals surface area contributed by atoms with E-state index in [0.29, 0.717) is 12.8 Å². The summed E-state index contributed by atoms with van der Waals surface area (Å²) in [5.74, 6) is -0.219. The van der Waals surface area contributed by atoms with E-state index in [2.05, 4.69) is 116 Å². The van der Waals surface area contributed by atoms with Crippen molar-refractivity contribution in [3.8, 4) is 0 Å². The molecule has 0 aromatic carbocycles. The van der Waals surface area contributed by atoms with E-state index in [0.717, 1.165) is 96.3 Å². The molecule has 0 saturated carbocycles. The van der Waals surface area contributed by atoms with E-state index in [1.54, 1.807) is 6.08 Å². The monoisotopic (exact) mass is 964 g/mol. The van der Waals surface area contributed by atoms with Crippen molar-refractivity contribution in [1.29, 1.82) is 0 Å². The van der Waals surface area contributed by atoms with Gasteiger partial charge in [-0.2, -0.15) is 0 Å². The maximum absolute atomic E-state index is 13.0. The van der Waals surface area contributed by atoms with Gasteiger partial charge in [0, 0.05) is 6.42 Å². The summed E-state index contributed by atoms with van der Waals surface area (Å²) in [6.07, 6.45) is 64.3. The van der Waals surface area contributed by atoms with Crippen molar-refractivity contribution in [3.63, 3.8) is 0 Å². The number of nitrogens with one attached hydrogen (secondary N) is 1. The first kappa shape index (κ1) is 63.9. The van der Waals surface area contributed by atoms with Crippen molar-refractivity contribution < 1.29 is 39.8 Å². The number of aliphatic hydroxyl groups is 5. The third-order valence-electron chi connectivity index (χ3n) is 12.3. The summed E-state index contributed by atoms with van der Waals surface area (Å²) < 4.78 is 11.2. The van der Waals surface area contributed by atoms with Crippen molar-refractivity contribution in [2.45, 2.75) is 249 Å². The smallest absolute Gasteiger partial charge is 0.220 e. The molecule has 0 radical (unpaired) electrons. The Hall–Kier alpha value is -3.15. The third kappa shape index (κ3) is 38.2. The van der Waals surface area contributed by atoms with Crippen LogP contribution in [-0.4, -0.2) is 87.5 Å². The minimum absolute atomic E-state index is 0.219. The van der Waals surface area contributed by atoms with Gasteiger partial charge in [-0.1, -0.05) is 213 Å². The predicted octanol–water partition coefficient (Wildman–Crippen LogP) is 13.4. The van der Waals surface area contributed by atoms with Gasteiger partial charge < -0.3 is 40.3 Å². The molecule has 1 aliphatic heterocycles. The number of unbranched alkanes of at least 4 members (excludes halogenated alkanes) is 19. The van der Waals surface area contributed by atoms with Gasteiger partial charge in [-0.3, -0.25) is 4.79 Å². The van der Waals surface area contributed by atoms with Crippen LogP contribution in [0.15, 0.2) is 109 Å². The lowest BCUT2D eigenvalue weighted by molar-refractivity contribution is -0.302. The molecule has 1 heterocycles. The summed E-state index contributed by atoms with van der Waals surface area (Å²) in [6.45, 7) is 3.62. The lowest BCUT2D eigenvalue weighted by atomic mass is 9.99. The van der Waals surface area contributed by atoms with Crippen molar-refractivity contribution in [2.75, 3.05) is 13.2 Å². The van der Waals surface area contributed by atoms with E-state index in [4.69, 9.17) is 9.47 Å². The molecule has 7 atom stereocenters. The van der Waals surface area contributed by atoms with Gasteiger partial charge in [0.25, 0.3) is 0 Å². The summed E-state index contributed by atoms with van der Waals surface area (Å²) in [4.78, 5) is 13.0. The minimum Gasteiger partial charge on any atom is -0.394 e. The van der Waals surface area contributed by atoms with Gasteiger partial charge in [0.05, 0.1) is 25.4 Å². The van der Waals surface area contributed by atoms with Crippen LogP contribution < -0.4 is 5.32 Å². The van der Waals surface area contributed by atoms with E-state index in [-0.39, 0.29) is 12.5 Å². The average Bonchev–Trinajstić information content (AvgIpc) is 3.35. The Bertz CT molecular complexity index is 1440. The van der Waals surface area contributed by atoms with Crippen LogP contribution in [0.1, 0.15) is 206 Å².